The molecular weight excluding hydrogens is 412 g/mol. The van der Waals surface area contributed by atoms with Crippen LogP contribution in [0, 0.1) is 5.92 Å². The van der Waals surface area contributed by atoms with E-state index in [1.165, 1.54) is 12.2 Å². The number of hydrogen-bond acceptors (Lipinski definition) is 7. The van der Waals surface area contributed by atoms with Crippen molar-refractivity contribution in [1.82, 2.24) is 16.0 Å². The Morgan fingerprint density at radius 1 is 1.14 bits per heavy atom. The molecule has 0 aliphatic rings. The van der Waals surface area contributed by atoms with Crippen LogP contribution in [0.25, 0.3) is 0 Å². The normalized spacial score (nSPS) is 12.8. The number of carboxylic acids is 1. The van der Waals surface area contributed by atoms with Gasteiger partial charge < -0.3 is 26.8 Å². The number of hydrogen-bond donors (Lipinski definition) is 6. The summed E-state index contributed by atoms with van der Waals surface area (Å²) in [4.78, 5) is 34.3. The first-order chi connectivity index (χ1) is 13.6. The minimum atomic E-state index is -1.13. The van der Waals surface area contributed by atoms with Crippen molar-refractivity contribution in [3.8, 4) is 0 Å². The average Bonchev–Trinajstić information content (AvgIpc) is 2.70. The second-order valence-electron chi connectivity index (χ2n) is 6.40. The number of aliphatic carboxylic acids is 1. The number of thioether (sulfide) groups is 1. The molecule has 174 valence electrons. The molecular formula is C19H42N4O4S2. The SMILES string of the molecule is CCC.CCC(C)C(NC(=O)CNC[C@@H](N)CS)C(=O)NCC(=O)O.CCSC. The number of nitrogens with two attached hydrogens (primary N) is 1. The van der Waals surface area contributed by atoms with Gasteiger partial charge in [0.1, 0.15) is 12.6 Å². The van der Waals surface area contributed by atoms with Crippen LogP contribution in [-0.2, 0) is 14.4 Å². The maximum Gasteiger partial charge on any atom is 0.322 e. The van der Waals surface area contributed by atoms with E-state index in [1.54, 1.807) is 0 Å². The van der Waals surface area contributed by atoms with Gasteiger partial charge in [-0.2, -0.15) is 24.4 Å². The Balaban J connectivity index is -0.000000831. The Labute approximate surface area is 186 Å². The highest BCUT2D eigenvalue weighted by Crippen LogP contribution is 2.07. The monoisotopic (exact) mass is 454 g/mol. The molecule has 10 heteroatoms. The zero-order chi connectivity index (χ0) is 23.2. The van der Waals surface area contributed by atoms with Crippen LogP contribution in [0.4, 0.5) is 0 Å². The van der Waals surface area contributed by atoms with Gasteiger partial charge in [0.25, 0.3) is 0 Å². The van der Waals surface area contributed by atoms with Gasteiger partial charge in [-0.05, 0) is 17.9 Å². The van der Waals surface area contributed by atoms with Crippen molar-refractivity contribution in [3.63, 3.8) is 0 Å². The molecule has 0 heterocycles. The van der Waals surface area contributed by atoms with E-state index in [-0.39, 0.29) is 24.4 Å². The van der Waals surface area contributed by atoms with E-state index in [4.69, 9.17) is 10.8 Å². The number of carboxylic acid groups (broad SMARTS) is 1. The predicted octanol–water partition coefficient (Wildman–Crippen LogP) is 1.35. The van der Waals surface area contributed by atoms with E-state index in [2.05, 4.69) is 55.6 Å². The molecule has 2 unspecified atom stereocenters. The van der Waals surface area contributed by atoms with Crippen LogP contribution in [0.5, 0.6) is 0 Å². The van der Waals surface area contributed by atoms with E-state index < -0.39 is 24.5 Å². The third kappa shape index (κ3) is 23.2. The minimum Gasteiger partial charge on any atom is -0.480 e. The molecule has 0 aliphatic heterocycles. The van der Waals surface area contributed by atoms with Gasteiger partial charge in [-0.15, -0.1) is 0 Å². The van der Waals surface area contributed by atoms with Crippen molar-refractivity contribution >= 4 is 42.2 Å². The largest absolute Gasteiger partial charge is 0.480 e. The summed E-state index contributed by atoms with van der Waals surface area (Å²) in [6.07, 6.45) is 4.02. The van der Waals surface area contributed by atoms with Crippen LogP contribution in [0.3, 0.4) is 0 Å². The van der Waals surface area contributed by atoms with Gasteiger partial charge in [0, 0.05) is 18.3 Å². The molecule has 0 aromatic carbocycles. The van der Waals surface area contributed by atoms with Crippen molar-refractivity contribution in [2.45, 2.75) is 59.5 Å². The van der Waals surface area contributed by atoms with Crippen LogP contribution in [-0.4, -0.2) is 72.4 Å². The van der Waals surface area contributed by atoms with Gasteiger partial charge in [-0.3, -0.25) is 14.4 Å². The summed E-state index contributed by atoms with van der Waals surface area (Å²) >= 11 is 5.89. The topological polar surface area (TPSA) is 134 Å². The number of thiol groups is 1. The number of amides is 2. The molecule has 0 aromatic heterocycles. The number of rotatable bonds is 12. The van der Waals surface area contributed by atoms with E-state index in [9.17, 15) is 14.4 Å². The highest BCUT2D eigenvalue weighted by molar-refractivity contribution is 7.98. The van der Waals surface area contributed by atoms with E-state index in [0.717, 1.165) is 0 Å². The quantitative estimate of drug-likeness (QED) is 0.245. The van der Waals surface area contributed by atoms with Crippen molar-refractivity contribution in [1.29, 1.82) is 0 Å². The molecule has 29 heavy (non-hydrogen) atoms. The summed E-state index contributed by atoms with van der Waals surface area (Å²) in [5.41, 5.74) is 5.66. The molecule has 3 atom stereocenters. The molecule has 0 saturated carbocycles. The Hall–Kier alpha value is -0.970. The lowest BCUT2D eigenvalue weighted by Crippen LogP contribution is -2.53. The summed E-state index contributed by atoms with van der Waals surface area (Å²) in [6, 6.07) is -0.919. The summed E-state index contributed by atoms with van der Waals surface area (Å²) in [6.45, 7) is 10.1. The molecule has 0 aliphatic carbocycles. The summed E-state index contributed by atoms with van der Waals surface area (Å²) in [5.74, 6) is -0.358. The van der Waals surface area contributed by atoms with Gasteiger partial charge in [-0.25, -0.2) is 0 Å². The lowest BCUT2D eigenvalue weighted by molar-refractivity contribution is -0.138. The Kier molecular flexibility index (Phi) is 26.3. The first kappa shape index (κ1) is 32.7. The van der Waals surface area contributed by atoms with E-state index in [1.807, 2.05) is 25.6 Å². The van der Waals surface area contributed by atoms with Crippen molar-refractivity contribution in [2.24, 2.45) is 11.7 Å². The first-order valence-electron chi connectivity index (χ1n) is 9.99. The molecule has 0 bridgehead atoms. The molecule has 0 aromatic rings. The van der Waals surface area contributed by atoms with Crippen LogP contribution in [0.2, 0.25) is 0 Å². The Bertz CT molecular complexity index is 427. The highest BCUT2D eigenvalue weighted by atomic mass is 32.2. The maximum atomic E-state index is 12.0. The zero-order valence-electron chi connectivity index (χ0n) is 18.8. The van der Waals surface area contributed by atoms with Crippen LogP contribution in [0.1, 0.15) is 47.5 Å². The number of carbonyl (C=O) groups excluding carboxylic acids is 2. The molecule has 0 radical (unpaired) electrons. The summed E-state index contributed by atoms with van der Waals surface area (Å²) in [5, 5.41) is 16.4. The fourth-order valence-corrected chi connectivity index (χ4v) is 1.76. The molecule has 0 saturated heterocycles. The van der Waals surface area contributed by atoms with Gasteiger partial charge >= 0.3 is 5.97 Å². The predicted molar refractivity (Wildman–Crippen MR) is 127 cm³/mol. The lowest BCUT2D eigenvalue weighted by atomic mass is 9.98. The Morgan fingerprint density at radius 2 is 1.66 bits per heavy atom. The second kappa shape index (κ2) is 23.3. The zero-order valence-corrected chi connectivity index (χ0v) is 20.5. The second-order valence-corrected chi connectivity index (χ2v) is 7.92. The van der Waals surface area contributed by atoms with Crippen molar-refractivity contribution in [2.75, 3.05) is 37.4 Å². The number of carbonyl (C=O) groups is 3. The van der Waals surface area contributed by atoms with Crippen LogP contribution in [0.15, 0.2) is 0 Å². The maximum absolute atomic E-state index is 12.0. The summed E-state index contributed by atoms with van der Waals surface area (Å²) in [7, 11) is 0. The third-order valence-corrected chi connectivity index (χ3v) is 4.49. The third-order valence-electron chi connectivity index (χ3n) is 3.44. The van der Waals surface area contributed by atoms with Gasteiger partial charge in [0.2, 0.25) is 11.8 Å². The number of nitrogens with one attached hydrogen (secondary N) is 3. The molecule has 0 fully saturated rings. The molecule has 6 N–H and O–H groups in total. The first-order valence-corrected chi connectivity index (χ1v) is 12.0. The summed E-state index contributed by atoms with van der Waals surface area (Å²) < 4.78 is 0. The lowest BCUT2D eigenvalue weighted by Gasteiger charge is -2.23. The van der Waals surface area contributed by atoms with E-state index in [0.29, 0.717) is 18.7 Å². The van der Waals surface area contributed by atoms with Gasteiger partial charge in [0.15, 0.2) is 0 Å². The molecule has 0 spiro atoms. The highest BCUT2D eigenvalue weighted by Gasteiger charge is 2.25. The Morgan fingerprint density at radius 3 is 2.03 bits per heavy atom. The van der Waals surface area contributed by atoms with Crippen molar-refractivity contribution in [3.05, 3.63) is 0 Å². The van der Waals surface area contributed by atoms with Crippen molar-refractivity contribution < 1.29 is 19.5 Å². The smallest absolute Gasteiger partial charge is 0.322 e. The van der Waals surface area contributed by atoms with Crippen LogP contribution >= 0.6 is 24.4 Å². The van der Waals surface area contributed by atoms with Gasteiger partial charge in [-0.1, -0.05) is 47.5 Å². The average molecular weight is 455 g/mol. The molecule has 8 nitrogen and oxygen atoms in total. The minimum absolute atomic E-state index is 0.0284. The standard InChI is InChI=1S/C13H26N4O4S.C3H8S.C3H8/c1-3-8(2)12(13(21)16-6-11(19)20)17-10(18)5-15-4-9(14)7-22;1-3-4-2;1-3-2/h8-9,12,15,22H,3-7,14H2,1-2H3,(H,16,21)(H,17,18)(H,19,20);3H2,1-2H3;3H2,1-2H3/t8?,9-,12?;;/m1../s1. The van der Waals surface area contributed by atoms with Gasteiger partial charge in [0.05, 0.1) is 6.54 Å². The van der Waals surface area contributed by atoms with E-state index >= 15 is 0 Å². The molecule has 2 amide bonds. The molecule has 0 rings (SSSR count). The van der Waals surface area contributed by atoms with Crippen LogP contribution < -0.4 is 21.7 Å². The fraction of sp³-hybridized carbons (Fsp3) is 0.842. The fourth-order valence-electron chi connectivity index (χ4n) is 1.63.